The molecule has 0 radical (unpaired) electrons. The van der Waals surface area contributed by atoms with Gasteiger partial charge in [0.2, 0.25) is 0 Å². The first-order valence-corrected chi connectivity index (χ1v) is 5.73. The Morgan fingerprint density at radius 3 is 2.47 bits per heavy atom. The summed E-state index contributed by atoms with van der Waals surface area (Å²) in [6, 6.07) is 4.39. The lowest BCUT2D eigenvalue weighted by Crippen LogP contribution is -2.14. The fourth-order valence-electron chi connectivity index (χ4n) is 2.42. The number of hydrogen-bond acceptors (Lipinski definition) is 1. The minimum absolute atomic E-state index is 0.237. The Morgan fingerprint density at radius 2 is 1.94 bits per heavy atom. The van der Waals surface area contributed by atoms with Gasteiger partial charge >= 0.3 is 6.18 Å². The van der Waals surface area contributed by atoms with Crippen LogP contribution in [0, 0.1) is 6.92 Å². The lowest BCUT2D eigenvalue weighted by Gasteiger charge is -2.15. The van der Waals surface area contributed by atoms with Crippen LogP contribution in [-0.4, -0.2) is 25.0 Å². The molecule has 0 saturated carbocycles. The maximum absolute atomic E-state index is 12.7. The van der Waals surface area contributed by atoms with E-state index in [2.05, 4.69) is 4.90 Å². The smallest absolute Gasteiger partial charge is 0.306 e. The third-order valence-corrected chi connectivity index (χ3v) is 3.29. The van der Waals surface area contributed by atoms with Crippen molar-refractivity contribution in [2.24, 2.45) is 0 Å². The van der Waals surface area contributed by atoms with Crippen molar-refractivity contribution in [3.8, 4) is 0 Å². The molecule has 0 aromatic heterocycles. The van der Waals surface area contributed by atoms with Crippen molar-refractivity contribution in [3.63, 3.8) is 0 Å². The molecule has 1 aromatic carbocycles. The molecule has 0 amide bonds. The van der Waals surface area contributed by atoms with Gasteiger partial charge in [-0.2, -0.15) is 13.2 Å². The number of rotatable bonds is 1. The molecule has 0 bridgehead atoms. The minimum Gasteiger partial charge on any atom is -0.306 e. The van der Waals surface area contributed by atoms with Gasteiger partial charge in [0.05, 0.1) is 5.56 Å². The van der Waals surface area contributed by atoms with E-state index in [4.69, 9.17) is 0 Å². The minimum atomic E-state index is -4.24. The van der Waals surface area contributed by atoms with Crippen molar-refractivity contribution in [1.82, 2.24) is 4.90 Å². The van der Waals surface area contributed by atoms with Gasteiger partial charge in [-0.05, 0) is 50.6 Å². The highest BCUT2D eigenvalue weighted by atomic mass is 19.4. The first-order valence-electron chi connectivity index (χ1n) is 5.73. The summed E-state index contributed by atoms with van der Waals surface area (Å²) in [6.07, 6.45) is -3.30. The van der Waals surface area contributed by atoms with E-state index in [1.807, 2.05) is 13.1 Å². The zero-order chi connectivity index (χ0) is 12.6. The molecule has 1 nitrogen and oxygen atoms in total. The summed E-state index contributed by atoms with van der Waals surface area (Å²) in [6.45, 7) is 3.53. The molecule has 1 atom stereocenters. The predicted molar refractivity (Wildman–Crippen MR) is 61.0 cm³/mol. The van der Waals surface area contributed by atoms with Crippen LogP contribution < -0.4 is 0 Å². The molecule has 1 heterocycles. The van der Waals surface area contributed by atoms with Crippen LogP contribution >= 0.6 is 0 Å². The highest BCUT2D eigenvalue weighted by Crippen LogP contribution is 2.34. The Morgan fingerprint density at radius 1 is 1.24 bits per heavy atom. The Bertz CT molecular complexity index is 412. The van der Waals surface area contributed by atoms with Gasteiger partial charge < -0.3 is 4.90 Å². The van der Waals surface area contributed by atoms with E-state index >= 15 is 0 Å². The molecule has 1 saturated heterocycles. The summed E-state index contributed by atoms with van der Waals surface area (Å²) in [5.41, 5.74) is 0.980. The molecule has 4 heteroatoms. The zero-order valence-corrected chi connectivity index (χ0v) is 10.0. The SMILES string of the molecule is Cc1cc(C2CCN(C)C2)cc(C(F)(F)F)c1. The second kappa shape index (κ2) is 4.33. The second-order valence-electron chi connectivity index (χ2n) is 4.88. The Balaban J connectivity index is 2.32. The molecule has 0 spiro atoms. The molecule has 0 aliphatic carbocycles. The summed E-state index contributed by atoms with van der Waals surface area (Å²) >= 11 is 0. The molecule has 1 fully saturated rings. The van der Waals surface area contributed by atoms with E-state index in [0.29, 0.717) is 5.56 Å². The third-order valence-electron chi connectivity index (χ3n) is 3.29. The molecular formula is C13H16F3N. The molecule has 1 aliphatic heterocycles. The van der Waals surface area contributed by atoms with E-state index in [9.17, 15) is 13.2 Å². The summed E-state index contributed by atoms with van der Waals surface area (Å²) in [5.74, 6) is 0.237. The van der Waals surface area contributed by atoms with Crippen LogP contribution in [0.25, 0.3) is 0 Å². The first-order chi connectivity index (χ1) is 7.86. The van der Waals surface area contributed by atoms with Crippen LogP contribution in [0.15, 0.2) is 18.2 Å². The number of likely N-dealkylation sites (tertiary alicyclic amines) is 1. The topological polar surface area (TPSA) is 3.24 Å². The van der Waals surface area contributed by atoms with E-state index < -0.39 is 11.7 Å². The molecule has 1 aromatic rings. The standard InChI is InChI=1S/C13H16F3N/c1-9-5-11(10-3-4-17(2)8-10)7-12(6-9)13(14,15)16/h5-7,10H,3-4,8H2,1-2H3. The van der Waals surface area contributed by atoms with Crippen LogP contribution in [0.4, 0.5) is 13.2 Å². The van der Waals surface area contributed by atoms with Crippen molar-refractivity contribution in [1.29, 1.82) is 0 Å². The monoisotopic (exact) mass is 243 g/mol. The molecular weight excluding hydrogens is 227 g/mol. The van der Waals surface area contributed by atoms with Gasteiger partial charge in [0, 0.05) is 6.54 Å². The maximum atomic E-state index is 12.7. The molecule has 0 N–H and O–H groups in total. The van der Waals surface area contributed by atoms with Gasteiger partial charge in [0.1, 0.15) is 0 Å². The van der Waals surface area contributed by atoms with Crippen molar-refractivity contribution >= 4 is 0 Å². The van der Waals surface area contributed by atoms with Gasteiger partial charge in [-0.15, -0.1) is 0 Å². The van der Waals surface area contributed by atoms with E-state index in [1.165, 1.54) is 12.1 Å². The van der Waals surface area contributed by atoms with Crippen LogP contribution in [0.3, 0.4) is 0 Å². The van der Waals surface area contributed by atoms with E-state index in [0.717, 1.165) is 25.1 Å². The largest absolute Gasteiger partial charge is 0.416 e. The first kappa shape index (κ1) is 12.4. The van der Waals surface area contributed by atoms with Crippen molar-refractivity contribution in [2.75, 3.05) is 20.1 Å². The molecule has 94 valence electrons. The molecule has 1 unspecified atom stereocenters. The van der Waals surface area contributed by atoms with Gasteiger partial charge in [0.25, 0.3) is 0 Å². The van der Waals surface area contributed by atoms with Gasteiger partial charge in [-0.25, -0.2) is 0 Å². The normalized spacial score (nSPS) is 22.1. The highest BCUT2D eigenvalue weighted by molar-refractivity contribution is 5.34. The number of nitrogens with zero attached hydrogens (tertiary/aromatic N) is 1. The Labute approximate surface area is 99.2 Å². The fraction of sp³-hybridized carbons (Fsp3) is 0.538. The fourth-order valence-corrected chi connectivity index (χ4v) is 2.42. The lowest BCUT2D eigenvalue weighted by molar-refractivity contribution is -0.137. The van der Waals surface area contributed by atoms with Gasteiger partial charge in [-0.1, -0.05) is 11.6 Å². The molecule has 17 heavy (non-hydrogen) atoms. The summed E-state index contributed by atoms with van der Waals surface area (Å²) in [5, 5.41) is 0. The lowest BCUT2D eigenvalue weighted by atomic mass is 9.94. The number of aryl methyl sites for hydroxylation is 1. The van der Waals surface area contributed by atoms with Gasteiger partial charge in [0.15, 0.2) is 0 Å². The molecule has 1 aliphatic rings. The van der Waals surface area contributed by atoms with Crippen LogP contribution in [0.2, 0.25) is 0 Å². The molecule has 2 rings (SSSR count). The average Bonchev–Trinajstić information content (AvgIpc) is 2.62. The van der Waals surface area contributed by atoms with Crippen molar-refractivity contribution in [3.05, 3.63) is 34.9 Å². The van der Waals surface area contributed by atoms with Crippen LogP contribution in [0.1, 0.15) is 29.0 Å². The number of likely N-dealkylation sites (N-methyl/N-ethyl adjacent to an activating group) is 1. The Kier molecular flexibility index (Phi) is 3.17. The maximum Gasteiger partial charge on any atom is 0.416 e. The number of hydrogen-bond donors (Lipinski definition) is 0. The summed E-state index contributed by atoms with van der Waals surface area (Å²) in [4.78, 5) is 2.15. The highest BCUT2D eigenvalue weighted by Gasteiger charge is 2.32. The van der Waals surface area contributed by atoms with Crippen molar-refractivity contribution in [2.45, 2.75) is 25.4 Å². The van der Waals surface area contributed by atoms with Crippen molar-refractivity contribution < 1.29 is 13.2 Å². The summed E-state index contributed by atoms with van der Waals surface area (Å²) in [7, 11) is 2.00. The van der Waals surface area contributed by atoms with Crippen LogP contribution in [-0.2, 0) is 6.18 Å². The summed E-state index contributed by atoms with van der Waals surface area (Å²) < 4.78 is 38.1. The zero-order valence-electron chi connectivity index (χ0n) is 10.0. The third kappa shape index (κ3) is 2.80. The van der Waals surface area contributed by atoms with Crippen LogP contribution in [0.5, 0.6) is 0 Å². The Hall–Kier alpha value is -1.03. The number of halogens is 3. The quantitative estimate of drug-likeness (QED) is 0.730. The predicted octanol–water partition coefficient (Wildman–Crippen LogP) is 3.43. The number of benzene rings is 1. The number of alkyl halides is 3. The average molecular weight is 243 g/mol. The second-order valence-corrected chi connectivity index (χ2v) is 4.88. The van der Waals surface area contributed by atoms with E-state index in [1.54, 1.807) is 6.92 Å². The van der Waals surface area contributed by atoms with Gasteiger partial charge in [-0.3, -0.25) is 0 Å². The van der Waals surface area contributed by atoms with E-state index in [-0.39, 0.29) is 5.92 Å².